The molecule has 1 amide bonds. The van der Waals surface area contributed by atoms with E-state index in [0.29, 0.717) is 17.5 Å². The van der Waals surface area contributed by atoms with Gasteiger partial charge in [0.15, 0.2) is 0 Å². The molecule has 1 aromatic heterocycles. The average molecular weight is 305 g/mol. The highest BCUT2D eigenvalue weighted by Gasteiger charge is 2.16. The highest BCUT2D eigenvalue weighted by Crippen LogP contribution is 2.20. The number of carbonyl (C=O) groups is 1. The molecule has 2 rings (SSSR count). The Morgan fingerprint density at radius 3 is 2.67 bits per heavy atom. The summed E-state index contributed by atoms with van der Waals surface area (Å²) >= 11 is 1.36. The fourth-order valence-corrected chi connectivity index (χ4v) is 2.80. The lowest BCUT2D eigenvalue weighted by Crippen LogP contribution is -2.32. The number of anilines is 1. The third kappa shape index (κ3) is 3.81. The minimum atomic E-state index is 0.0482. The van der Waals surface area contributed by atoms with Crippen LogP contribution >= 0.6 is 11.8 Å². The summed E-state index contributed by atoms with van der Waals surface area (Å²) in [4.78, 5) is 14.1. The fraction of sp³-hybridized carbons (Fsp3) is 0.429. The number of thioether (sulfide) groups is 1. The van der Waals surface area contributed by atoms with Gasteiger partial charge in [0.25, 0.3) is 0 Å². The molecule has 0 aliphatic heterocycles. The highest BCUT2D eigenvalue weighted by molar-refractivity contribution is 7.99. The molecule has 0 aliphatic carbocycles. The summed E-state index contributed by atoms with van der Waals surface area (Å²) in [6.45, 7) is 6.61. The zero-order chi connectivity index (χ0) is 15.2. The van der Waals surface area contributed by atoms with E-state index in [-0.39, 0.29) is 11.9 Å². The summed E-state index contributed by atoms with van der Waals surface area (Å²) in [6.07, 6.45) is 0. The number of aromatic nitrogens is 4. The van der Waals surface area contributed by atoms with E-state index in [1.165, 1.54) is 11.8 Å². The maximum absolute atomic E-state index is 12.4. The number of amides is 1. The van der Waals surface area contributed by atoms with Crippen molar-refractivity contribution in [1.29, 1.82) is 0 Å². The zero-order valence-corrected chi connectivity index (χ0v) is 13.2. The van der Waals surface area contributed by atoms with Gasteiger partial charge in [0.2, 0.25) is 11.1 Å². The van der Waals surface area contributed by atoms with Crippen LogP contribution in [0.4, 0.5) is 5.69 Å². The highest BCUT2D eigenvalue weighted by atomic mass is 32.2. The molecule has 0 saturated heterocycles. The SMILES string of the molecule is CCN(C(=O)CSc1nnnn1C(C)C)c1ccccc1. The van der Waals surface area contributed by atoms with Crippen LogP contribution in [0, 0.1) is 0 Å². The molecule has 2 aromatic rings. The third-order valence-corrected chi connectivity index (χ3v) is 3.88. The molecule has 1 heterocycles. The molecule has 0 unspecified atom stereocenters. The van der Waals surface area contributed by atoms with E-state index in [4.69, 9.17) is 0 Å². The van der Waals surface area contributed by atoms with Crippen molar-refractivity contribution in [3.63, 3.8) is 0 Å². The normalized spacial score (nSPS) is 10.9. The number of para-hydroxylation sites is 1. The van der Waals surface area contributed by atoms with Crippen LogP contribution in [0.3, 0.4) is 0 Å². The Kier molecular flexibility index (Phi) is 5.32. The number of hydrogen-bond acceptors (Lipinski definition) is 5. The molecule has 112 valence electrons. The summed E-state index contributed by atoms with van der Waals surface area (Å²) in [5.74, 6) is 0.363. The van der Waals surface area contributed by atoms with E-state index >= 15 is 0 Å². The molecule has 0 radical (unpaired) electrons. The van der Waals surface area contributed by atoms with Gasteiger partial charge in [-0.05, 0) is 43.3 Å². The van der Waals surface area contributed by atoms with Crippen LogP contribution in [-0.4, -0.2) is 38.4 Å². The molecule has 1 aromatic carbocycles. The minimum Gasteiger partial charge on any atom is -0.312 e. The number of nitrogens with zero attached hydrogens (tertiary/aromatic N) is 5. The quantitative estimate of drug-likeness (QED) is 0.767. The molecule has 0 aliphatic rings. The summed E-state index contributed by atoms with van der Waals surface area (Å²) in [6, 6.07) is 9.84. The summed E-state index contributed by atoms with van der Waals surface area (Å²) in [5, 5.41) is 12.2. The molecule has 0 atom stereocenters. The molecule has 0 bridgehead atoms. The van der Waals surface area contributed by atoms with Gasteiger partial charge < -0.3 is 4.90 Å². The average Bonchev–Trinajstić information content (AvgIpc) is 2.95. The predicted molar refractivity (Wildman–Crippen MR) is 83.4 cm³/mol. The molecule has 7 heteroatoms. The van der Waals surface area contributed by atoms with E-state index in [1.54, 1.807) is 9.58 Å². The van der Waals surface area contributed by atoms with Crippen molar-refractivity contribution in [2.24, 2.45) is 0 Å². The lowest BCUT2D eigenvalue weighted by Gasteiger charge is -2.20. The van der Waals surface area contributed by atoms with Gasteiger partial charge in [0, 0.05) is 12.2 Å². The number of benzene rings is 1. The van der Waals surface area contributed by atoms with E-state index in [0.717, 1.165) is 5.69 Å². The van der Waals surface area contributed by atoms with E-state index in [1.807, 2.05) is 51.1 Å². The Balaban J connectivity index is 2.02. The van der Waals surface area contributed by atoms with Gasteiger partial charge in [0.05, 0.1) is 11.8 Å². The molecule has 0 spiro atoms. The van der Waals surface area contributed by atoms with Gasteiger partial charge in [-0.25, -0.2) is 4.68 Å². The maximum Gasteiger partial charge on any atom is 0.237 e. The van der Waals surface area contributed by atoms with Gasteiger partial charge in [0.1, 0.15) is 0 Å². The summed E-state index contributed by atoms with van der Waals surface area (Å²) in [7, 11) is 0. The lowest BCUT2D eigenvalue weighted by molar-refractivity contribution is -0.116. The first-order valence-electron chi connectivity index (χ1n) is 6.89. The van der Waals surface area contributed by atoms with Crippen molar-refractivity contribution in [2.45, 2.75) is 32.0 Å². The molecular formula is C14H19N5OS. The van der Waals surface area contributed by atoms with Gasteiger partial charge in [-0.1, -0.05) is 30.0 Å². The Morgan fingerprint density at radius 1 is 1.33 bits per heavy atom. The lowest BCUT2D eigenvalue weighted by atomic mass is 10.3. The Bertz CT molecular complexity index is 584. The largest absolute Gasteiger partial charge is 0.312 e. The van der Waals surface area contributed by atoms with Crippen molar-refractivity contribution in [3.8, 4) is 0 Å². The van der Waals surface area contributed by atoms with E-state index in [2.05, 4.69) is 15.5 Å². The minimum absolute atomic E-state index is 0.0482. The van der Waals surface area contributed by atoms with Gasteiger partial charge in [-0.2, -0.15) is 0 Å². The van der Waals surface area contributed by atoms with Crippen LogP contribution in [-0.2, 0) is 4.79 Å². The smallest absolute Gasteiger partial charge is 0.237 e. The van der Waals surface area contributed by atoms with Crippen LogP contribution in [0.5, 0.6) is 0 Å². The van der Waals surface area contributed by atoms with Crippen molar-refractivity contribution >= 4 is 23.4 Å². The van der Waals surface area contributed by atoms with Crippen LogP contribution in [0.1, 0.15) is 26.8 Å². The Morgan fingerprint density at radius 2 is 2.05 bits per heavy atom. The number of hydrogen-bond donors (Lipinski definition) is 0. The monoisotopic (exact) mass is 305 g/mol. The Hall–Kier alpha value is -1.89. The van der Waals surface area contributed by atoms with Crippen LogP contribution < -0.4 is 4.90 Å². The summed E-state index contributed by atoms with van der Waals surface area (Å²) in [5.41, 5.74) is 0.911. The first-order valence-corrected chi connectivity index (χ1v) is 7.88. The summed E-state index contributed by atoms with van der Waals surface area (Å²) < 4.78 is 1.72. The second-order valence-electron chi connectivity index (χ2n) is 4.76. The topological polar surface area (TPSA) is 63.9 Å². The predicted octanol–water partition coefficient (Wildman–Crippen LogP) is 2.40. The zero-order valence-electron chi connectivity index (χ0n) is 12.4. The van der Waals surface area contributed by atoms with Gasteiger partial charge in [-0.15, -0.1) is 5.10 Å². The van der Waals surface area contributed by atoms with Crippen molar-refractivity contribution in [1.82, 2.24) is 20.2 Å². The molecule has 0 saturated carbocycles. The molecule has 0 fully saturated rings. The number of tetrazole rings is 1. The van der Waals surface area contributed by atoms with Crippen molar-refractivity contribution in [3.05, 3.63) is 30.3 Å². The standard InChI is InChI=1S/C14H19N5OS/c1-4-18(12-8-6-5-7-9-12)13(20)10-21-14-15-16-17-19(14)11(2)3/h5-9,11H,4,10H2,1-3H3. The molecule has 21 heavy (non-hydrogen) atoms. The third-order valence-electron chi connectivity index (χ3n) is 2.96. The van der Waals surface area contributed by atoms with Gasteiger partial charge >= 0.3 is 0 Å². The fourth-order valence-electron chi connectivity index (χ4n) is 1.92. The van der Waals surface area contributed by atoms with Crippen molar-refractivity contribution in [2.75, 3.05) is 17.2 Å². The first kappa shape index (κ1) is 15.5. The maximum atomic E-state index is 12.4. The second kappa shape index (κ2) is 7.21. The first-order chi connectivity index (χ1) is 10.1. The molecular weight excluding hydrogens is 286 g/mol. The molecule has 6 nitrogen and oxygen atoms in total. The molecule has 0 N–H and O–H groups in total. The number of carbonyl (C=O) groups excluding carboxylic acids is 1. The van der Waals surface area contributed by atoms with Crippen LogP contribution in [0.25, 0.3) is 0 Å². The van der Waals surface area contributed by atoms with Crippen LogP contribution in [0.2, 0.25) is 0 Å². The van der Waals surface area contributed by atoms with E-state index < -0.39 is 0 Å². The van der Waals surface area contributed by atoms with Crippen LogP contribution in [0.15, 0.2) is 35.5 Å². The van der Waals surface area contributed by atoms with Crippen molar-refractivity contribution < 1.29 is 4.79 Å². The number of rotatable bonds is 6. The second-order valence-corrected chi connectivity index (χ2v) is 5.70. The Labute approximate surface area is 128 Å². The van der Waals surface area contributed by atoms with E-state index in [9.17, 15) is 4.79 Å². The van der Waals surface area contributed by atoms with Gasteiger partial charge in [-0.3, -0.25) is 4.79 Å².